The maximum absolute atomic E-state index is 12.2. The molecule has 1 fully saturated rings. The van der Waals surface area contributed by atoms with Gasteiger partial charge in [0, 0.05) is 23.9 Å². The number of nitrogens with one attached hydrogen (secondary N) is 2. The van der Waals surface area contributed by atoms with Crippen molar-refractivity contribution in [1.82, 2.24) is 5.32 Å². The molecule has 21 heavy (non-hydrogen) atoms. The topological polar surface area (TPSA) is 75.3 Å². The number of benzene rings is 1. The lowest BCUT2D eigenvalue weighted by molar-refractivity contribution is -0.120. The summed E-state index contributed by atoms with van der Waals surface area (Å²) < 4.78 is 23.0. The second-order valence-corrected chi connectivity index (χ2v) is 7.38. The van der Waals surface area contributed by atoms with Crippen LogP contribution < -0.4 is 10.6 Å². The Bertz CT molecular complexity index is 604. The first-order valence-electron chi connectivity index (χ1n) is 6.70. The molecule has 1 aromatic carbocycles. The molecule has 1 aromatic rings. The van der Waals surface area contributed by atoms with E-state index >= 15 is 0 Å². The summed E-state index contributed by atoms with van der Waals surface area (Å²) in [7, 11) is -3.26. The number of hydrogen-bond donors (Lipinski definition) is 2. The Morgan fingerprint density at radius 3 is 2.71 bits per heavy atom. The molecule has 0 aliphatic carbocycles. The van der Waals surface area contributed by atoms with Gasteiger partial charge in [0.2, 0.25) is 5.91 Å². The van der Waals surface area contributed by atoms with Crippen LogP contribution in [0.3, 0.4) is 0 Å². The number of sulfone groups is 1. The number of anilines is 1. The Hall–Kier alpha value is -1.11. The molecule has 0 bridgehead atoms. The lowest BCUT2D eigenvalue weighted by Crippen LogP contribution is -2.40. The average Bonchev–Trinajstić information content (AvgIpc) is 2.38. The Labute approximate surface area is 131 Å². The number of amides is 1. The standard InChI is InChI=1S/C14H20N2O3S.ClH/c1-10-8-11(6-7-15-10)14(17)16-12-4-3-5-13(9-12)20(2,18)19;/h3-5,9-11,15H,6-8H2,1-2H3,(H,16,17);1H/t10-,11-;/m0./s1. The fourth-order valence-electron chi connectivity index (χ4n) is 2.42. The lowest BCUT2D eigenvalue weighted by Gasteiger charge is -2.27. The SMILES string of the molecule is C[C@H]1C[C@@H](C(=O)Nc2cccc(S(C)(=O)=O)c2)CCN1.Cl. The van der Waals surface area contributed by atoms with Crippen LogP contribution in [0.25, 0.3) is 0 Å². The van der Waals surface area contributed by atoms with E-state index in [1.807, 2.05) is 0 Å². The molecule has 1 aliphatic heterocycles. The summed E-state index contributed by atoms with van der Waals surface area (Å²) in [5, 5.41) is 6.11. The summed E-state index contributed by atoms with van der Waals surface area (Å²) >= 11 is 0. The molecule has 0 radical (unpaired) electrons. The number of carbonyl (C=O) groups excluding carboxylic acids is 1. The minimum Gasteiger partial charge on any atom is -0.326 e. The maximum atomic E-state index is 12.2. The molecule has 2 N–H and O–H groups in total. The Morgan fingerprint density at radius 1 is 1.38 bits per heavy atom. The first kappa shape index (κ1) is 17.9. The second kappa shape index (κ2) is 7.24. The summed E-state index contributed by atoms with van der Waals surface area (Å²) in [6, 6.07) is 6.70. The van der Waals surface area contributed by atoms with Crippen molar-refractivity contribution in [3.05, 3.63) is 24.3 Å². The quantitative estimate of drug-likeness (QED) is 0.885. The predicted octanol–water partition coefficient (Wildman–Crippen LogP) is 1.84. The highest BCUT2D eigenvalue weighted by Gasteiger charge is 2.24. The largest absolute Gasteiger partial charge is 0.326 e. The lowest BCUT2D eigenvalue weighted by atomic mass is 9.92. The molecular weight excluding hydrogens is 312 g/mol. The molecule has 0 unspecified atom stereocenters. The molecule has 2 rings (SSSR count). The molecule has 0 spiro atoms. The summed E-state index contributed by atoms with van der Waals surface area (Å²) in [5.74, 6) is -0.0582. The molecule has 2 atom stereocenters. The van der Waals surface area contributed by atoms with Crippen molar-refractivity contribution in [2.45, 2.75) is 30.7 Å². The second-order valence-electron chi connectivity index (χ2n) is 5.37. The van der Waals surface area contributed by atoms with Crippen LogP contribution in [0, 0.1) is 5.92 Å². The van der Waals surface area contributed by atoms with E-state index in [-0.39, 0.29) is 29.1 Å². The van der Waals surface area contributed by atoms with Gasteiger partial charge in [-0.1, -0.05) is 6.07 Å². The fraction of sp³-hybridized carbons (Fsp3) is 0.500. The summed E-state index contributed by atoms with van der Waals surface area (Å²) in [6.45, 7) is 2.90. The molecule has 1 aliphatic rings. The molecule has 0 aromatic heterocycles. The van der Waals surface area contributed by atoms with Crippen molar-refractivity contribution in [2.75, 3.05) is 18.1 Å². The number of hydrogen-bond acceptors (Lipinski definition) is 4. The zero-order valence-corrected chi connectivity index (χ0v) is 13.8. The molecule has 118 valence electrons. The highest BCUT2D eigenvalue weighted by atomic mass is 35.5. The van der Waals surface area contributed by atoms with E-state index in [0.29, 0.717) is 11.7 Å². The van der Waals surface area contributed by atoms with Gasteiger partial charge in [-0.3, -0.25) is 4.79 Å². The summed E-state index contributed by atoms with van der Waals surface area (Å²) in [4.78, 5) is 12.4. The van der Waals surface area contributed by atoms with Gasteiger partial charge in [0.15, 0.2) is 9.84 Å². The van der Waals surface area contributed by atoms with Gasteiger partial charge in [-0.2, -0.15) is 0 Å². The van der Waals surface area contributed by atoms with Gasteiger partial charge >= 0.3 is 0 Å². The van der Waals surface area contributed by atoms with Gasteiger partial charge in [-0.25, -0.2) is 8.42 Å². The van der Waals surface area contributed by atoms with Crippen LogP contribution >= 0.6 is 12.4 Å². The molecule has 7 heteroatoms. The number of piperidine rings is 1. The average molecular weight is 333 g/mol. The first-order chi connectivity index (χ1) is 9.36. The Morgan fingerprint density at radius 2 is 2.10 bits per heavy atom. The van der Waals surface area contributed by atoms with Gasteiger partial charge in [-0.15, -0.1) is 12.4 Å². The van der Waals surface area contributed by atoms with Crippen molar-refractivity contribution in [2.24, 2.45) is 5.92 Å². The third kappa shape index (κ3) is 4.98. The van der Waals surface area contributed by atoms with E-state index in [9.17, 15) is 13.2 Å². The monoisotopic (exact) mass is 332 g/mol. The maximum Gasteiger partial charge on any atom is 0.227 e. The Kier molecular flexibility index (Phi) is 6.19. The van der Waals surface area contributed by atoms with E-state index in [1.165, 1.54) is 12.1 Å². The smallest absolute Gasteiger partial charge is 0.227 e. The van der Waals surface area contributed by atoms with Crippen LogP contribution in [0.2, 0.25) is 0 Å². The van der Waals surface area contributed by atoms with Crippen LogP contribution in [0.1, 0.15) is 19.8 Å². The van der Waals surface area contributed by atoms with Gasteiger partial charge in [0.1, 0.15) is 0 Å². The van der Waals surface area contributed by atoms with E-state index in [1.54, 1.807) is 12.1 Å². The highest BCUT2D eigenvalue weighted by molar-refractivity contribution is 7.90. The highest BCUT2D eigenvalue weighted by Crippen LogP contribution is 2.20. The number of rotatable bonds is 3. The van der Waals surface area contributed by atoms with Crippen molar-refractivity contribution in [1.29, 1.82) is 0 Å². The minimum absolute atomic E-state index is 0. The molecular formula is C14H21ClN2O3S. The Balaban J connectivity index is 0.00000220. The normalized spacial score (nSPS) is 22.2. The molecule has 1 saturated heterocycles. The molecule has 0 saturated carbocycles. The van der Waals surface area contributed by atoms with Gasteiger partial charge < -0.3 is 10.6 Å². The summed E-state index contributed by atoms with van der Waals surface area (Å²) in [5.41, 5.74) is 0.532. The zero-order valence-electron chi connectivity index (χ0n) is 12.1. The van der Waals surface area contributed by atoms with Gasteiger partial charge in [0.05, 0.1) is 4.90 Å². The van der Waals surface area contributed by atoms with Crippen molar-refractivity contribution < 1.29 is 13.2 Å². The molecule has 1 amide bonds. The van der Waals surface area contributed by atoms with Crippen LogP contribution in [-0.4, -0.2) is 33.2 Å². The third-order valence-corrected chi connectivity index (χ3v) is 4.63. The zero-order chi connectivity index (χ0) is 14.8. The summed E-state index contributed by atoms with van der Waals surface area (Å²) in [6.07, 6.45) is 2.77. The van der Waals surface area contributed by atoms with Crippen molar-refractivity contribution >= 4 is 33.8 Å². The third-order valence-electron chi connectivity index (χ3n) is 3.52. The van der Waals surface area contributed by atoms with Crippen LogP contribution in [0.15, 0.2) is 29.2 Å². The van der Waals surface area contributed by atoms with E-state index in [4.69, 9.17) is 0 Å². The predicted molar refractivity (Wildman–Crippen MR) is 85.6 cm³/mol. The fourth-order valence-corrected chi connectivity index (χ4v) is 3.09. The van der Waals surface area contributed by atoms with Crippen molar-refractivity contribution in [3.8, 4) is 0 Å². The van der Waals surface area contributed by atoms with Gasteiger partial charge in [0.25, 0.3) is 0 Å². The van der Waals surface area contributed by atoms with E-state index < -0.39 is 9.84 Å². The van der Waals surface area contributed by atoms with E-state index in [0.717, 1.165) is 25.6 Å². The number of halogens is 1. The van der Waals surface area contributed by atoms with Crippen LogP contribution in [0.5, 0.6) is 0 Å². The van der Waals surface area contributed by atoms with Crippen molar-refractivity contribution in [3.63, 3.8) is 0 Å². The number of carbonyl (C=O) groups is 1. The van der Waals surface area contributed by atoms with Crippen LogP contribution in [0.4, 0.5) is 5.69 Å². The van der Waals surface area contributed by atoms with E-state index in [2.05, 4.69) is 17.6 Å². The van der Waals surface area contributed by atoms with Crippen LogP contribution in [-0.2, 0) is 14.6 Å². The minimum atomic E-state index is -3.26. The molecule has 1 heterocycles. The first-order valence-corrected chi connectivity index (χ1v) is 8.60. The molecule has 5 nitrogen and oxygen atoms in total. The van der Waals surface area contributed by atoms with Gasteiger partial charge in [-0.05, 0) is 44.5 Å².